The number of hydrogen-bond donors (Lipinski definition) is 0. The first-order chi connectivity index (χ1) is 6.14. The van der Waals surface area contributed by atoms with Crippen LogP contribution in [0.15, 0.2) is 24.0 Å². The van der Waals surface area contributed by atoms with E-state index in [9.17, 15) is 0 Å². The number of hydrogen-bond acceptors (Lipinski definition) is 1. The fourth-order valence-electron chi connectivity index (χ4n) is 0.875. The van der Waals surface area contributed by atoms with Crippen molar-refractivity contribution in [2.45, 2.75) is 47.3 Å². The van der Waals surface area contributed by atoms with Gasteiger partial charge in [-0.15, -0.1) is 0 Å². The lowest BCUT2D eigenvalue weighted by Crippen LogP contribution is -2.24. The smallest absolute Gasteiger partial charge is 0.242 e. The van der Waals surface area contributed by atoms with Crippen LogP contribution < -0.4 is 0 Å². The molecule has 0 spiro atoms. The van der Waals surface area contributed by atoms with Crippen LogP contribution in [-0.4, -0.2) is 8.32 Å². The van der Waals surface area contributed by atoms with Gasteiger partial charge in [-0.3, -0.25) is 0 Å². The van der Waals surface area contributed by atoms with E-state index in [0.717, 1.165) is 5.76 Å². The molecule has 0 aromatic rings. The summed E-state index contributed by atoms with van der Waals surface area (Å²) in [7, 11) is -1.46. The maximum Gasteiger partial charge on any atom is 0.242 e. The van der Waals surface area contributed by atoms with Crippen molar-refractivity contribution in [3.63, 3.8) is 0 Å². The molecular formula is C12H24OSi. The van der Waals surface area contributed by atoms with E-state index in [1.807, 2.05) is 13.0 Å². The minimum Gasteiger partial charge on any atom is -0.545 e. The van der Waals surface area contributed by atoms with Crippen LogP contribution in [0, 0.1) is 5.41 Å². The molecule has 14 heavy (non-hydrogen) atoms. The molecule has 0 amide bonds. The second kappa shape index (κ2) is 4.83. The van der Waals surface area contributed by atoms with E-state index in [1.54, 1.807) is 0 Å². The zero-order valence-corrected chi connectivity index (χ0v) is 11.6. The number of rotatable bonds is 3. The predicted molar refractivity (Wildman–Crippen MR) is 66.8 cm³/mol. The molecule has 0 heterocycles. The number of allylic oxidation sites excluding steroid dienone is 3. The third-order valence-electron chi connectivity index (χ3n) is 1.46. The van der Waals surface area contributed by atoms with E-state index in [4.69, 9.17) is 4.43 Å². The molecule has 0 aromatic carbocycles. The maximum atomic E-state index is 5.90. The Bertz CT molecular complexity index is 226. The summed E-state index contributed by atoms with van der Waals surface area (Å²) in [4.78, 5) is 0. The Balaban J connectivity index is 4.42. The Hall–Kier alpha value is -0.503. The van der Waals surface area contributed by atoms with E-state index >= 15 is 0 Å². The highest BCUT2D eigenvalue weighted by Gasteiger charge is 2.16. The maximum absolute atomic E-state index is 5.90. The van der Waals surface area contributed by atoms with Gasteiger partial charge in [0.1, 0.15) is 0 Å². The average Bonchev–Trinajstić information content (AvgIpc) is 1.94. The molecule has 0 atom stereocenters. The summed E-state index contributed by atoms with van der Waals surface area (Å²) in [5.41, 5.74) is 0.219. The topological polar surface area (TPSA) is 9.23 Å². The van der Waals surface area contributed by atoms with Gasteiger partial charge < -0.3 is 4.43 Å². The fraction of sp³-hybridized carbons (Fsp3) is 0.667. The van der Waals surface area contributed by atoms with Gasteiger partial charge in [0.05, 0.1) is 5.76 Å². The van der Waals surface area contributed by atoms with Crippen LogP contribution in [0.5, 0.6) is 0 Å². The van der Waals surface area contributed by atoms with Gasteiger partial charge in [-0.2, -0.15) is 0 Å². The highest BCUT2D eigenvalue weighted by atomic mass is 28.4. The van der Waals surface area contributed by atoms with Gasteiger partial charge in [0.2, 0.25) is 8.32 Å². The molecule has 1 nitrogen and oxygen atoms in total. The molecule has 0 aliphatic rings. The molecule has 0 aliphatic carbocycles. The Kier molecular flexibility index (Phi) is 4.65. The Morgan fingerprint density at radius 3 is 1.93 bits per heavy atom. The molecule has 0 aromatic heterocycles. The Morgan fingerprint density at radius 2 is 1.64 bits per heavy atom. The van der Waals surface area contributed by atoms with Gasteiger partial charge in [-0.25, -0.2) is 0 Å². The molecule has 0 unspecified atom stereocenters. The Morgan fingerprint density at radius 1 is 1.14 bits per heavy atom. The molecule has 0 N–H and O–H groups in total. The summed E-state index contributed by atoms with van der Waals surface area (Å²) in [6.45, 7) is 15.2. The van der Waals surface area contributed by atoms with Crippen molar-refractivity contribution < 1.29 is 4.43 Å². The summed E-state index contributed by atoms with van der Waals surface area (Å²) in [6, 6.07) is 0. The van der Waals surface area contributed by atoms with Crippen LogP contribution in [0.3, 0.4) is 0 Å². The fourth-order valence-corrected chi connectivity index (χ4v) is 1.77. The summed E-state index contributed by atoms with van der Waals surface area (Å²) in [5, 5.41) is 0. The van der Waals surface area contributed by atoms with Crippen LogP contribution >= 0.6 is 0 Å². The van der Waals surface area contributed by atoms with Crippen molar-refractivity contribution >= 4 is 8.32 Å². The molecule has 0 saturated heterocycles. The molecule has 0 saturated carbocycles. The zero-order valence-electron chi connectivity index (χ0n) is 10.6. The molecule has 0 radical (unpaired) electrons. The highest BCUT2D eigenvalue weighted by Crippen LogP contribution is 2.18. The van der Waals surface area contributed by atoms with Crippen LogP contribution in [0.4, 0.5) is 0 Å². The van der Waals surface area contributed by atoms with Crippen molar-refractivity contribution in [1.29, 1.82) is 0 Å². The van der Waals surface area contributed by atoms with Gasteiger partial charge in [-0.05, 0) is 44.1 Å². The van der Waals surface area contributed by atoms with Crippen LogP contribution in [0.25, 0.3) is 0 Å². The van der Waals surface area contributed by atoms with E-state index in [1.165, 1.54) is 0 Å². The van der Waals surface area contributed by atoms with E-state index in [2.05, 4.69) is 52.6 Å². The predicted octanol–water partition coefficient (Wildman–Crippen LogP) is 4.34. The van der Waals surface area contributed by atoms with Crippen LogP contribution in [0.2, 0.25) is 19.6 Å². The minimum absolute atomic E-state index is 0.219. The van der Waals surface area contributed by atoms with Crippen molar-refractivity contribution in [2.75, 3.05) is 0 Å². The summed E-state index contributed by atoms with van der Waals surface area (Å²) in [5.74, 6) is 0.999. The van der Waals surface area contributed by atoms with Gasteiger partial charge in [0.25, 0.3) is 0 Å². The lowest BCUT2D eigenvalue weighted by Gasteiger charge is -2.20. The molecule has 0 fully saturated rings. The van der Waals surface area contributed by atoms with Gasteiger partial charge >= 0.3 is 0 Å². The van der Waals surface area contributed by atoms with Crippen molar-refractivity contribution in [3.05, 3.63) is 24.0 Å². The van der Waals surface area contributed by atoms with Crippen molar-refractivity contribution in [3.8, 4) is 0 Å². The first kappa shape index (κ1) is 13.5. The monoisotopic (exact) mass is 212 g/mol. The molecular weight excluding hydrogens is 188 g/mol. The quantitative estimate of drug-likeness (QED) is 0.384. The van der Waals surface area contributed by atoms with Crippen molar-refractivity contribution in [2.24, 2.45) is 5.41 Å². The summed E-state index contributed by atoms with van der Waals surface area (Å²) in [6.07, 6.45) is 6.29. The van der Waals surface area contributed by atoms with Gasteiger partial charge in [0.15, 0.2) is 0 Å². The minimum atomic E-state index is -1.46. The lowest BCUT2D eigenvalue weighted by molar-refractivity contribution is 0.437. The summed E-state index contributed by atoms with van der Waals surface area (Å²) >= 11 is 0. The summed E-state index contributed by atoms with van der Waals surface area (Å²) < 4.78 is 5.90. The SMILES string of the molecule is C/C=C(/C=C/C(C)(C)C)O[Si](C)(C)C. The van der Waals surface area contributed by atoms with E-state index in [-0.39, 0.29) is 5.41 Å². The second-order valence-electron chi connectivity index (χ2n) is 5.60. The largest absolute Gasteiger partial charge is 0.545 e. The van der Waals surface area contributed by atoms with Crippen LogP contribution in [0.1, 0.15) is 27.7 Å². The lowest BCUT2D eigenvalue weighted by atomic mass is 9.96. The third kappa shape index (κ3) is 8.11. The zero-order chi connectivity index (χ0) is 11.4. The first-order valence-corrected chi connectivity index (χ1v) is 8.59. The molecule has 0 bridgehead atoms. The molecule has 82 valence electrons. The van der Waals surface area contributed by atoms with E-state index < -0.39 is 8.32 Å². The van der Waals surface area contributed by atoms with Crippen molar-refractivity contribution in [1.82, 2.24) is 0 Å². The second-order valence-corrected chi connectivity index (χ2v) is 10.0. The van der Waals surface area contributed by atoms with Gasteiger partial charge in [0, 0.05) is 0 Å². The van der Waals surface area contributed by atoms with E-state index in [0.29, 0.717) is 0 Å². The Labute approximate surface area is 90.0 Å². The molecule has 0 aliphatic heterocycles. The van der Waals surface area contributed by atoms with Crippen LogP contribution in [-0.2, 0) is 4.43 Å². The first-order valence-electron chi connectivity index (χ1n) is 5.18. The normalized spacial score (nSPS) is 14.9. The average molecular weight is 212 g/mol. The van der Waals surface area contributed by atoms with Gasteiger partial charge in [-0.1, -0.05) is 26.8 Å². The molecule has 2 heteroatoms. The standard InChI is InChI=1S/C12H24OSi/c1-8-11(13-14(5,6)7)9-10-12(2,3)4/h8-10H,1-7H3/b10-9+,11-8-. The highest BCUT2D eigenvalue weighted by molar-refractivity contribution is 6.70. The molecule has 0 rings (SSSR count). The third-order valence-corrected chi connectivity index (χ3v) is 2.30.